The third-order valence-corrected chi connectivity index (χ3v) is 5.78. The minimum Gasteiger partial charge on any atom is -0.351 e. The molecular formula is C22H25N7O. The van der Waals surface area contributed by atoms with Crippen LogP contribution in [0, 0.1) is 0 Å². The van der Waals surface area contributed by atoms with Crippen molar-refractivity contribution in [3.8, 4) is 11.5 Å². The summed E-state index contributed by atoms with van der Waals surface area (Å²) in [5.41, 5.74) is 9.98. The van der Waals surface area contributed by atoms with E-state index in [4.69, 9.17) is 5.73 Å². The first-order valence-electron chi connectivity index (χ1n) is 10.4. The van der Waals surface area contributed by atoms with Crippen LogP contribution in [0.3, 0.4) is 0 Å². The number of nitrogens with two attached hydrogens (primary N) is 1. The predicted molar refractivity (Wildman–Crippen MR) is 117 cm³/mol. The normalized spacial score (nSPS) is 15.8. The zero-order valence-electron chi connectivity index (χ0n) is 16.7. The first-order valence-corrected chi connectivity index (χ1v) is 10.4. The van der Waals surface area contributed by atoms with Crippen molar-refractivity contribution >= 4 is 27.8 Å². The minimum absolute atomic E-state index is 0.0811. The van der Waals surface area contributed by atoms with Gasteiger partial charge in [0.15, 0.2) is 5.82 Å². The van der Waals surface area contributed by atoms with E-state index in [0.717, 1.165) is 54.4 Å². The van der Waals surface area contributed by atoms with Gasteiger partial charge in [0, 0.05) is 30.1 Å². The van der Waals surface area contributed by atoms with E-state index in [2.05, 4.69) is 30.4 Å². The van der Waals surface area contributed by atoms with Gasteiger partial charge in [-0.15, -0.1) is 0 Å². The van der Waals surface area contributed by atoms with E-state index >= 15 is 0 Å². The molecule has 2 aromatic heterocycles. The van der Waals surface area contributed by atoms with Crippen LogP contribution in [0.4, 0.5) is 0 Å². The molecule has 5 rings (SSSR count). The molecule has 0 saturated carbocycles. The fraction of sp³-hybridized carbons (Fsp3) is 0.318. The summed E-state index contributed by atoms with van der Waals surface area (Å²) < 4.78 is 0. The molecule has 154 valence electrons. The Labute approximate surface area is 173 Å². The van der Waals surface area contributed by atoms with Crippen molar-refractivity contribution in [2.75, 3.05) is 26.2 Å². The molecule has 4 aromatic rings. The van der Waals surface area contributed by atoms with Crippen LogP contribution in [0.2, 0.25) is 0 Å². The highest BCUT2D eigenvalue weighted by Gasteiger charge is 2.17. The number of carbonyl (C=O) groups is 1. The van der Waals surface area contributed by atoms with E-state index in [0.29, 0.717) is 29.7 Å². The van der Waals surface area contributed by atoms with Crippen molar-refractivity contribution < 1.29 is 4.79 Å². The predicted octanol–water partition coefficient (Wildman–Crippen LogP) is 2.26. The van der Waals surface area contributed by atoms with Gasteiger partial charge in [-0.05, 0) is 56.3 Å². The molecule has 0 unspecified atom stereocenters. The SMILES string of the molecule is NC1CCN(CCNC(=O)c2ccc3[nH]nc(-c4nc5ccccc5[nH]4)c3c2)CC1. The fourth-order valence-corrected chi connectivity index (χ4v) is 4.01. The van der Waals surface area contributed by atoms with Gasteiger partial charge in [-0.2, -0.15) is 5.10 Å². The number of carbonyl (C=O) groups excluding carboxylic acids is 1. The van der Waals surface area contributed by atoms with Crippen LogP contribution in [0.15, 0.2) is 42.5 Å². The highest BCUT2D eigenvalue weighted by atomic mass is 16.1. The summed E-state index contributed by atoms with van der Waals surface area (Å²) in [5, 5.41) is 11.3. The van der Waals surface area contributed by atoms with E-state index < -0.39 is 0 Å². The highest BCUT2D eigenvalue weighted by molar-refractivity contribution is 6.01. The average Bonchev–Trinajstić information content (AvgIpc) is 3.38. The second kappa shape index (κ2) is 7.89. The van der Waals surface area contributed by atoms with E-state index in [9.17, 15) is 4.79 Å². The quantitative estimate of drug-likeness (QED) is 0.408. The lowest BCUT2D eigenvalue weighted by Gasteiger charge is -2.29. The summed E-state index contributed by atoms with van der Waals surface area (Å²) >= 11 is 0. The van der Waals surface area contributed by atoms with Crippen molar-refractivity contribution in [3.63, 3.8) is 0 Å². The fourth-order valence-electron chi connectivity index (χ4n) is 4.01. The number of fused-ring (bicyclic) bond motifs is 2. The molecule has 1 fully saturated rings. The first-order chi connectivity index (χ1) is 14.7. The van der Waals surface area contributed by atoms with Gasteiger partial charge in [0.2, 0.25) is 0 Å². The lowest BCUT2D eigenvalue weighted by molar-refractivity contribution is 0.0946. The lowest BCUT2D eigenvalue weighted by Crippen LogP contribution is -2.43. The Kier molecular flexibility index (Phi) is 4.94. The second-order valence-electron chi connectivity index (χ2n) is 7.87. The van der Waals surface area contributed by atoms with Crippen molar-refractivity contribution in [2.45, 2.75) is 18.9 Å². The molecule has 2 aromatic carbocycles. The van der Waals surface area contributed by atoms with E-state index in [1.54, 1.807) is 0 Å². The average molecular weight is 403 g/mol. The van der Waals surface area contributed by atoms with Gasteiger partial charge in [0.25, 0.3) is 5.91 Å². The zero-order valence-corrected chi connectivity index (χ0v) is 16.7. The first kappa shape index (κ1) is 18.8. The second-order valence-corrected chi connectivity index (χ2v) is 7.87. The summed E-state index contributed by atoms with van der Waals surface area (Å²) in [6.07, 6.45) is 2.05. The van der Waals surface area contributed by atoms with Gasteiger partial charge in [-0.1, -0.05) is 12.1 Å². The summed E-state index contributed by atoms with van der Waals surface area (Å²) in [6.45, 7) is 3.46. The number of hydrogen-bond donors (Lipinski definition) is 4. The number of piperidine rings is 1. The lowest BCUT2D eigenvalue weighted by atomic mass is 10.1. The summed E-state index contributed by atoms with van der Waals surface area (Å²) in [7, 11) is 0. The Morgan fingerprint density at radius 3 is 2.83 bits per heavy atom. The number of likely N-dealkylation sites (tertiary alicyclic amines) is 1. The smallest absolute Gasteiger partial charge is 0.251 e. The molecule has 1 saturated heterocycles. The number of para-hydroxylation sites is 2. The maximum absolute atomic E-state index is 12.7. The van der Waals surface area contributed by atoms with Crippen LogP contribution in [-0.4, -0.2) is 63.2 Å². The number of benzene rings is 2. The number of aromatic nitrogens is 4. The Hall–Kier alpha value is -3.23. The van der Waals surface area contributed by atoms with Crippen LogP contribution in [0.25, 0.3) is 33.5 Å². The summed E-state index contributed by atoms with van der Waals surface area (Å²) in [5.74, 6) is 0.602. The number of nitrogens with one attached hydrogen (secondary N) is 3. The molecule has 0 radical (unpaired) electrons. The summed E-state index contributed by atoms with van der Waals surface area (Å²) in [4.78, 5) is 23.0. The van der Waals surface area contributed by atoms with Crippen molar-refractivity contribution in [3.05, 3.63) is 48.0 Å². The molecule has 8 nitrogen and oxygen atoms in total. The highest BCUT2D eigenvalue weighted by Crippen LogP contribution is 2.27. The van der Waals surface area contributed by atoms with Crippen molar-refractivity contribution in [1.82, 2.24) is 30.4 Å². The minimum atomic E-state index is -0.0811. The molecule has 0 spiro atoms. The van der Waals surface area contributed by atoms with Crippen LogP contribution in [0.1, 0.15) is 23.2 Å². The van der Waals surface area contributed by atoms with Gasteiger partial charge >= 0.3 is 0 Å². The molecule has 0 atom stereocenters. The van der Waals surface area contributed by atoms with Gasteiger partial charge in [-0.3, -0.25) is 9.89 Å². The van der Waals surface area contributed by atoms with Crippen LogP contribution >= 0.6 is 0 Å². The van der Waals surface area contributed by atoms with E-state index in [1.165, 1.54) is 0 Å². The maximum atomic E-state index is 12.7. The van der Waals surface area contributed by atoms with Gasteiger partial charge in [0.1, 0.15) is 5.69 Å². The summed E-state index contributed by atoms with van der Waals surface area (Å²) in [6, 6.07) is 13.8. The van der Waals surface area contributed by atoms with Gasteiger partial charge < -0.3 is 20.9 Å². The molecule has 1 amide bonds. The monoisotopic (exact) mass is 403 g/mol. The molecule has 30 heavy (non-hydrogen) atoms. The van der Waals surface area contributed by atoms with Gasteiger partial charge in [0.05, 0.1) is 16.6 Å². The molecule has 5 N–H and O–H groups in total. The molecular weight excluding hydrogens is 378 g/mol. The Morgan fingerprint density at radius 1 is 1.17 bits per heavy atom. The Bertz CT molecular complexity index is 1150. The molecule has 3 heterocycles. The molecule has 1 aliphatic heterocycles. The standard InChI is InChI=1S/C22H25N7O/c23-15-7-10-29(11-8-15)12-9-24-22(30)14-5-6-17-16(13-14)20(28-27-17)21-25-18-3-1-2-4-19(18)26-21/h1-6,13,15H,7-12,23H2,(H,24,30)(H,25,26)(H,27,28). The Balaban J connectivity index is 1.31. The molecule has 8 heteroatoms. The number of rotatable bonds is 5. The van der Waals surface area contributed by atoms with Crippen molar-refractivity contribution in [1.29, 1.82) is 0 Å². The number of H-pyrrole nitrogens is 2. The number of aromatic amines is 2. The number of nitrogens with zero attached hydrogens (tertiary/aromatic N) is 3. The maximum Gasteiger partial charge on any atom is 0.251 e. The van der Waals surface area contributed by atoms with Crippen LogP contribution < -0.4 is 11.1 Å². The number of amides is 1. The van der Waals surface area contributed by atoms with Gasteiger partial charge in [-0.25, -0.2) is 4.98 Å². The zero-order chi connectivity index (χ0) is 20.5. The molecule has 0 bridgehead atoms. The third-order valence-electron chi connectivity index (χ3n) is 5.78. The van der Waals surface area contributed by atoms with E-state index in [1.807, 2.05) is 42.5 Å². The molecule has 0 aliphatic carbocycles. The third kappa shape index (κ3) is 3.67. The van der Waals surface area contributed by atoms with Crippen molar-refractivity contribution in [2.24, 2.45) is 5.73 Å². The van der Waals surface area contributed by atoms with Crippen LogP contribution in [0.5, 0.6) is 0 Å². The van der Waals surface area contributed by atoms with Crippen LogP contribution in [-0.2, 0) is 0 Å². The largest absolute Gasteiger partial charge is 0.351 e. The number of imidazole rings is 1. The number of hydrogen-bond acceptors (Lipinski definition) is 5. The Morgan fingerprint density at radius 2 is 2.00 bits per heavy atom. The topological polar surface area (TPSA) is 116 Å². The van der Waals surface area contributed by atoms with E-state index in [-0.39, 0.29) is 5.91 Å². The molecule has 1 aliphatic rings.